The van der Waals surface area contributed by atoms with E-state index in [-0.39, 0.29) is 59.9 Å². The van der Waals surface area contributed by atoms with Crippen molar-refractivity contribution < 1.29 is 28.5 Å². The van der Waals surface area contributed by atoms with Gasteiger partial charge in [0.15, 0.2) is 13.2 Å². The van der Waals surface area contributed by atoms with Gasteiger partial charge in [-0.3, -0.25) is 9.59 Å². The summed E-state index contributed by atoms with van der Waals surface area (Å²) in [4.78, 5) is 27.2. The summed E-state index contributed by atoms with van der Waals surface area (Å²) in [5, 5.41) is 9.32. The Labute approximate surface area is 400 Å². The van der Waals surface area contributed by atoms with E-state index in [4.69, 9.17) is 31.8 Å². The van der Waals surface area contributed by atoms with Crippen LogP contribution in [0.2, 0.25) is 0 Å². The first kappa shape index (κ1) is 50.5. The molecule has 0 unspecified atom stereocenters. The fraction of sp³-hybridized carbons (Fsp3) is 0.483. The van der Waals surface area contributed by atoms with E-state index in [2.05, 4.69) is 159 Å². The van der Waals surface area contributed by atoms with Gasteiger partial charge in [-0.1, -0.05) is 143 Å². The zero-order valence-corrected chi connectivity index (χ0v) is 42.2. The predicted octanol–water partition coefficient (Wildman–Crippen LogP) is 9.17. The van der Waals surface area contributed by atoms with E-state index < -0.39 is 0 Å². The van der Waals surface area contributed by atoms with Crippen molar-refractivity contribution in [3.05, 3.63) is 115 Å². The van der Waals surface area contributed by atoms with Crippen LogP contribution in [0.1, 0.15) is 150 Å². The number of amides is 2. The van der Waals surface area contributed by atoms with Gasteiger partial charge in [-0.05, 0) is 88.4 Å². The molecule has 0 atom stereocenters. The molecule has 4 aromatic rings. The summed E-state index contributed by atoms with van der Waals surface area (Å²) in [5.74, 6) is 7.61. The van der Waals surface area contributed by atoms with Crippen molar-refractivity contribution in [2.24, 2.45) is 0 Å². The van der Waals surface area contributed by atoms with Gasteiger partial charge in [0.05, 0.1) is 0 Å². The number of hydrogen-bond donors (Lipinski definition) is 3. The van der Waals surface area contributed by atoms with Crippen molar-refractivity contribution in [3.8, 4) is 47.7 Å². The molecular formula is C58H73N3O6. The average molecular weight is 908 g/mol. The number of ether oxygens (including phenoxy) is 4. The lowest BCUT2D eigenvalue weighted by molar-refractivity contribution is -0.123. The summed E-state index contributed by atoms with van der Waals surface area (Å²) < 4.78 is 27.0. The van der Waals surface area contributed by atoms with Gasteiger partial charge in [0.1, 0.15) is 36.2 Å². The third-order valence-corrected chi connectivity index (χ3v) is 12.5. The highest BCUT2D eigenvalue weighted by molar-refractivity contribution is 5.78. The number of benzene rings is 4. The van der Waals surface area contributed by atoms with Crippen molar-refractivity contribution in [2.75, 3.05) is 52.6 Å². The molecule has 0 radical (unpaired) electrons. The van der Waals surface area contributed by atoms with Crippen molar-refractivity contribution in [1.29, 1.82) is 0 Å². The van der Waals surface area contributed by atoms with Crippen LogP contribution >= 0.6 is 0 Å². The van der Waals surface area contributed by atoms with Crippen LogP contribution < -0.4 is 34.9 Å². The maximum atomic E-state index is 13.6. The Kier molecular flexibility index (Phi) is 15.5. The second-order valence-electron chi connectivity index (χ2n) is 22.2. The number of carbonyl (C=O) groups is 2. The van der Waals surface area contributed by atoms with Crippen molar-refractivity contribution in [3.63, 3.8) is 0 Å². The molecule has 10 bridgehead atoms. The van der Waals surface area contributed by atoms with E-state index >= 15 is 0 Å². The highest BCUT2D eigenvalue weighted by Crippen LogP contribution is 2.44. The molecule has 2 amide bonds. The van der Waals surface area contributed by atoms with Gasteiger partial charge >= 0.3 is 0 Å². The Morgan fingerprint density at radius 2 is 0.731 bits per heavy atom. The number of carbonyl (C=O) groups excluding carboxylic acids is 2. The minimum absolute atomic E-state index is 0.0581. The topological polar surface area (TPSA) is 107 Å². The molecule has 0 saturated heterocycles. The number of nitrogens with one attached hydrogen (secondary N) is 3. The maximum Gasteiger partial charge on any atom is 0.257 e. The van der Waals surface area contributed by atoms with Crippen LogP contribution in [0.15, 0.2) is 48.5 Å². The molecular weight excluding hydrogens is 835 g/mol. The van der Waals surface area contributed by atoms with E-state index in [1.54, 1.807) is 0 Å². The van der Waals surface area contributed by atoms with E-state index in [1.165, 1.54) is 0 Å². The fourth-order valence-electron chi connectivity index (χ4n) is 8.67. The smallest absolute Gasteiger partial charge is 0.257 e. The van der Waals surface area contributed by atoms with Crippen molar-refractivity contribution in [2.45, 2.75) is 130 Å². The van der Waals surface area contributed by atoms with Gasteiger partial charge in [0.25, 0.3) is 11.8 Å². The minimum atomic E-state index is -0.251. The minimum Gasteiger partial charge on any atom is -0.483 e. The number of rotatable bonds is 4. The SMILES string of the molecule is C#CCOc1c2cc(C(C)(C)C)cc1Cc1cc(C(C)(C)C)cc3c1OCC(=O)NCCNCCNC(=O)COc1c(cc(C(C)(C)C)cc1Cc1cc(C(C)(C)C)cc(c1OCC#C)C3)C2. The quantitative estimate of drug-likeness (QED) is 0.155. The number of fused-ring (bicyclic) bond motifs is 2. The molecule has 0 saturated carbocycles. The van der Waals surface area contributed by atoms with Crippen LogP contribution in [-0.2, 0) is 56.9 Å². The summed E-state index contributed by atoms with van der Waals surface area (Å²) in [7, 11) is 0. The first-order valence-electron chi connectivity index (χ1n) is 23.7. The van der Waals surface area contributed by atoms with Crippen LogP contribution in [0.5, 0.6) is 23.0 Å². The molecule has 1 heterocycles. The Morgan fingerprint density at radius 1 is 0.463 bits per heavy atom. The lowest BCUT2D eigenvalue weighted by Crippen LogP contribution is -2.38. The molecule has 2 aliphatic rings. The maximum absolute atomic E-state index is 13.6. The first-order valence-corrected chi connectivity index (χ1v) is 23.7. The molecule has 6 rings (SSSR count). The first-order chi connectivity index (χ1) is 31.5. The third-order valence-electron chi connectivity index (χ3n) is 12.5. The van der Waals surface area contributed by atoms with Gasteiger partial charge in [-0.25, -0.2) is 0 Å². The molecule has 9 heteroatoms. The van der Waals surface area contributed by atoms with E-state index in [0.717, 1.165) is 66.8 Å². The van der Waals surface area contributed by atoms with Gasteiger partial charge < -0.3 is 34.9 Å². The van der Waals surface area contributed by atoms with Gasteiger partial charge in [-0.2, -0.15) is 0 Å². The van der Waals surface area contributed by atoms with Gasteiger partial charge in [0, 0.05) is 51.9 Å². The van der Waals surface area contributed by atoms with E-state index in [9.17, 15) is 9.59 Å². The summed E-state index contributed by atoms with van der Waals surface area (Å²) in [5.41, 5.74) is 10.9. The van der Waals surface area contributed by atoms with Crippen LogP contribution in [0.4, 0.5) is 0 Å². The van der Waals surface area contributed by atoms with E-state index in [1.807, 2.05) is 0 Å². The highest BCUT2D eigenvalue weighted by Gasteiger charge is 2.30. The Hall–Kier alpha value is -5.90. The van der Waals surface area contributed by atoms with Crippen LogP contribution in [0, 0.1) is 24.7 Å². The fourth-order valence-corrected chi connectivity index (χ4v) is 8.67. The summed E-state index contributed by atoms with van der Waals surface area (Å²) >= 11 is 0. The van der Waals surface area contributed by atoms with Crippen LogP contribution in [0.25, 0.3) is 0 Å². The lowest BCUT2D eigenvalue weighted by atomic mass is 9.79. The largest absolute Gasteiger partial charge is 0.483 e. The highest BCUT2D eigenvalue weighted by atomic mass is 16.5. The Bertz CT molecular complexity index is 2290. The molecule has 4 aromatic carbocycles. The van der Waals surface area contributed by atoms with Gasteiger partial charge in [-0.15, -0.1) is 12.8 Å². The Morgan fingerprint density at radius 3 is 0.985 bits per heavy atom. The zero-order valence-electron chi connectivity index (χ0n) is 42.2. The monoisotopic (exact) mass is 908 g/mol. The molecule has 1 aliphatic heterocycles. The van der Waals surface area contributed by atoms with Crippen LogP contribution in [0.3, 0.4) is 0 Å². The average Bonchev–Trinajstić information content (AvgIpc) is 3.22. The predicted molar refractivity (Wildman–Crippen MR) is 270 cm³/mol. The molecule has 9 nitrogen and oxygen atoms in total. The summed E-state index contributed by atoms with van der Waals surface area (Å²) in [6.07, 6.45) is 13.6. The number of terminal acetylenes is 2. The second-order valence-corrected chi connectivity index (χ2v) is 22.2. The Balaban J connectivity index is 1.82. The zero-order chi connectivity index (χ0) is 48.9. The summed E-state index contributed by atoms with van der Waals surface area (Å²) in [6, 6.07) is 17.8. The standard InChI is InChI=1S/C58H73N3O6/c1-15-21-64-51-37-23-41-31-47(57(9,10)11)33-43-25-39-29-46(56(6,7)8)30-40(52(39)65-22-16-2)26-44-34-48(58(12,13)14)32-42(24-38(51)28-45(27-37)55(3,4)5)54(44)67-36-50(63)61-20-18-59-17-19-60-49(62)35-66-53(41)43/h1-2,27-34,59H,17-26,35-36H2,3-14H3,(H,60,62)(H,61,63). The molecule has 3 N–H and O–H groups in total. The molecule has 67 heavy (non-hydrogen) atoms. The number of hydrogen-bond acceptors (Lipinski definition) is 7. The molecule has 0 fully saturated rings. The summed E-state index contributed by atoms with van der Waals surface area (Å²) in [6.45, 7) is 28.1. The van der Waals surface area contributed by atoms with E-state index in [0.29, 0.717) is 74.9 Å². The second kappa shape index (κ2) is 20.5. The molecule has 0 spiro atoms. The molecule has 0 aromatic heterocycles. The van der Waals surface area contributed by atoms with Crippen molar-refractivity contribution >= 4 is 11.8 Å². The third kappa shape index (κ3) is 12.8. The normalized spacial score (nSPS) is 15.4. The lowest BCUT2D eigenvalue weighted by Gasteiger charge is -2.29. The van der Waals surface area contributed by atoms with Gasteiger partial charge in [0.2, 0.25) is 0 Å². The molecule has 356 valence electrons. The van der Waals surface area contributed by atoms with Crippen molar-refractivity contribution in [1.82, 2.24) is 16.0 Å². The molecule has 1 aliphatic carbocycles. The van der Waals surface area contributed by atoms with Crippen LogP contribution in [-0.4, -0.2) is 64.4 Å².